The smallest absolute Gasteiger partial charge is 0.255 e. The number of aromatic amines is 1. The number of fused-ring (bicyclic) bond motifs is 1. The van der Waals surface area contributed by atoms with Crippen LogP contribution in [0, 0.1) is 25.5 Å². The SMILES string of the molecule is Cc1cc(C(=O)NCC(=O)Nc2ccc3nc(-c4cc(F)ccc4F)[nH]c3c2)c(C)o1. The molecule has 158 valence electrons. The molecule has 0 aliphatic rings. The van der Waals surface area contributed by atoms with Crippen LogP contribution in [0.25, 0.3) is 22.4 Å². The maximum atomic E-state index is 14.0. The first-order chi connectivity index (χ1) is 14.8. The number of aromatic nitrogens is 2. The number of carbonyl (C=O) groups excluding carboxylic acids is 2. The predicted octanol–water partition coefficient (Wildman–Crippen LogP) is 4.09. The molecule has 0 aliphatic carbocycles. The summed E-state index contributed by atoms with van der Waals surface area (Å²) in [5, 5.41) is 5.21. The Balaban J connectivity index is 1.45. The van der Waals surface area contributed by atoms with E-state index in [0.717, 1.165) is 18.2 Å². The van der Waals surface area contributed by atoms with Crippen LogP contribution in [-0.2, 0) is 4.79 Å². The number of halogens is 2. The zero-order valence-corrected chi connectivity index (χ0v) is 16.7. The number of carbonyl (C=O) groups is 2. The summed E-state index contributed by atoms with van der Waals surface area (Å²) in [4.78, 5) is 31.6. The van der Waals surface area contributed by atoms with Crippen molar-refractivity contribution >= 4 is 28.5 Å². The van der Waals surface area contributed by atoms with Gasteiger partial charge in [0.15, 0.2) is 0 Å². The molecule has 0 radical (unpaired) electrons. The number of amides is 2. The summed E-state index contributed by atoms with van der Waals surface area (Å²) in [6.07, 6.45) is 0. The molecule has 0 saturated heterocycles. The van der Waals surface area contributed by atoms with E-state index in [-0.39, 0.29) is 17.9 Å². The Labute approximate surface area is 175 Å². The zero-order chi connectivity index (χ0) is 22.1. The second-order valence-corrected chi connectivity index (χ2v) is 7.00. The van der Waals surface area contributed by atoms with Crippen molar-refractivity contribution in [3.05, 3.63) is 71.2 Å². The van der Waals surface area contributed by atoms with E-state index in [9.17, 15) is 18.4 Å². The highest BCUT2D eigenvalue weighted by atomic mass is 19.1. The third kappa shape index (κ3) is 4.30. The number of furan rings is 1. The molecular weight excluding hydrogens is 406 g/mol. The first kappa shape index (κ1) is 20.3. The molecule has 0 bridgehead atoms. The first-order valence-corrected chi connectivity index (χ1v) is 9.40. The molecule has 0 spiro atoms. The molecular formula is C22H18F2N4O3. The quantitative estimate of drug-likeness (QED) is 0.449. The summed E-state index contributed by atoms with van der Waals surface area (Å²) in [5.74, 6) is -0.756. The van der Waals surface area contributed by atoms with Gasteiger partial charge in [-0.3, -0.25) is 9.59 Å². The molecule has 2 heterocycles. The van der Waals surface area contributed by atoms with Gasteiger partial charge in [0.1, 0.15) is 29.0 Å². The molecule has 4 rings (SSSR count). The molecule has 0 saturated carbocycles. The Morgan fingerprint density at radius 2 is 1.90 bits per heavy atom. The predicted molar refractivity (Wildman–Crippen MR) is 111 cm³/mol. The second-order valence-electron chi connectivity index (χ2n) is 7.00. The number of imidazole rings is 1. The maximum absolute atomic E-state index is 14.0. The highest BCUT2D eigenvalue weighted by Crippen LogP contribution is 2.25. The minimum absolute atomic E-state index is 0.00859. The lowest BCUT2D eigenvalue weighted by Crippen LogP contribution is -2.32. The van der Waals surface area contributed by atoms with Crippen LogP contribution >= 0.6 is 0 Å². The van der Waals surface area contributed by atoms with Crippen molar-refractivity contribution in [2.24, 2.45) is 0 Å². The lowest BCUT2D eigenvalue weighted by atomic mass is 10.2. The van der Waals surface area contributed by atoms with Gasteiger partial charge in [0.2, 0.25) is 5.91 Å². The number of hydrogen-bond donors (Lipinski definition) is 3. The molecule has 0 fully saturated rings. The monoisotopic (exact) mass is 424 g/mol. The van der Waals surface area contributed by atoms with E-state index >= 15 is 0 Å². The number of hydrogen-bond acceptors (Lipinski definition) is 4. The molecule has 2 aromatic carbocycles. The zero-order valence-electron chi connectivity index (χ0n) is 16.7. The fraction of sp³-hybridized carbons (Fsp3) is 0.136. The van der Waals surface area contributed by atoms with E-state index in [0.29, 0.717) is 33.8 Å². The van der Waals surface area contributed by atoms with E-state index < -0.39 is 23.4 Å². The number of aryl methyl sites for hydroxylation is 2. The Kier molecular flexibility index (Phi) is 5.24. The normalized spacial score (nSPS) is 11.0. The van der Waals surface area contributed by atoms with E-state index in [2.05, 4.69) is 20.6 Å². The first-order valence-electron chi connectivity index (χ1n) is 9.40. The third-order valence-corrected chi connectivity index (χ3v) is 4.64. The van der Waals surface area contributed by atoms with Crippen LogP contribution in [-0.4, -0.2) is 28.3 Å². The minimum atomic E-state index is -0.604. The van der Waals surface area contributed by atoms with Crippen LogP contribution in [0.1, 0.15) is 21.9 Å². The van der Waals surface area contributed by atoms with Crippen LogP contribution in [0.15, 0.2) is 46.9 Å². The van der Waals surface area contributed by atoms with Crippen molar-refractivity contribution < 1.29 is 22.8 Å². The summed E-state index contributed by atoms with van der Waals surface area (Å²) in [6.45, 7) is 3.17. The Bertz CT molecular complexity index is 1310. The van der Waals surface area contributed by atoms with Gasteiger partial charge in [0.05, 0.1) is 28.7 Å². The molecule has 2 amide bonds. The van der Waals surface area contributed by atoms with Gasteiger partial charge < -0.3 is 20.0 Å². The van der Waals surface area contributed by atoms with Crippen molar-refractivity contribution in [1.82, 2.24) is 15.3 Å². The molecule has 2 aromatic heterocycles. The Hall–Kier alpha value is -4.01. The summed E-state index contributed by atoms with van der Waals surface area (Å²) in [6, 6.07) is 9.60. The average molecular weight is 424 g/mol. The number of anilines is 1. The van der Waals surface area contributed by atoms with Crippen molar-refractivity contribution in [2.75, 3.05) is 11.9 Å². The van der Waals surface area contributed by atoms with Gasteiger partial charge in [-0.2, -0.15) is 0 Å². The van der Waals surface area contributed by atoms with Gasteiger partial charge in [-0.05, 0) is 56.3 Å². The molecule has 7 nitrogen and oxygen atoms in total. The standard InChI is InChI=1S/C22H18F2N4O3/c1-11-7-15(12(2)31-11)22(30)25-10-20(29)26-14-4-6-18-19(9-14)28-21(27-18)16-8-13(23)3-5-17(16)24/h3-9H,10H2,1-2H3,(H,25,30)(H,26,29)(H,27,28). The third-order valence-electron chi connectivity index (χ3n) is 4.64. The lowest BCUT2D eigenvalue weighted by Gasteiger charge is -2.06. The Morgan fingerprint density at radius 3 is 2.65 bits per heavy atom. The molecule has 0 aliphatic heterocycles. The molecule has 4 aromatic rings. The van der Waals surface area contributed by atoms with Gasteiger partial charge in [-0.15, -0.1) is 0 Å². The van der Waals surface area contributed by atoms with Gasteiger partial charge >= 0.3 is 0 Å². The number of nitrogens with zero attached hydrogens (tertiary/aromatic N) is 1. The Morgan fingerprint density at radius 1 is 1.10 bits per heavy atom. The highest BCUT2D eigenvalue weighted by molar-refractivity contribution is 6.00. The van der Waals surface area contributed by atoms with E-state index in [1.807, 2.05) is 0 Å². The van der Waals surface area contributed by atoms with Crippen LogP contribution in [0.2, 0.25) is 0 Å². The topological polar surface area (TPSA) is 100 Å². The van der Waals surface area contributed by atoms with Gasteiger partial charge in [-0.1, -0.05) is 0 Å². The number of H-pyrrole nitrogens is 1. The van der Waals surface area contributed by atoms with Crippen LogP contribution in [0.3, 0.4) is 0 Å². The van der Waals surface area contributed by atoms with Crippen molar-refractivity contribution in [2.45, 2.75) is 13.8 Å². The number of benzene rings is 2. The molecule has 3 N–H and O–H groups in total. The van der Waals surface area contributed by atoms with Crippen molar-refractivity contribution in [3.63, 3.8) is 0 Å². The van der Waals surface area contributed by atoms with Gasteiger partial charge in [0.25, 0.3) is 5.91 Å². The lowest BCUT2D eigenvalue weighted by molar-refractivity contribution is -0.115. The molecule has 9 heteroatoms. The van der Waals surface area contributed by atoms with E-state index in [4.69, 9.17) is 4.42 Å². The van der Waals surface area contributed by atoms with Crippen molar-refractivity contribution in [1.29, 1.82) is 0 Å². The maximum Gasteiger partial charge on any atom is 0.255 e. The largest absolute Gasteiger partial charge is 0.466 e. The number of rotatable bonds is 5. The summed E-state index contributed by atoms with van der Waals surface area (Å²) < 4.78 is 32.8. The minimum Gasteiger partial charge on any atom is -0.466 e. The fourth-order valence-electron chi connectivity index (χ4n) is 3.21. The van der Waals surface area contributed by atoms with Gasteiger partial charge in [0, 0.05) is 5.69 Å². The molecule has 31 heavy (non-hydrogen) atoms. The van der Waals surface area contributed by atoms with Crippen LogP contribution < -0.4 is 10.6 Å². The summed E-state index contributed by atoms with van der Waals surface area (Å²) >= 11 is 0. The number of nitrogens with one attached hydrogen (secondary N) is 3. The highest BCUT2D eigenvalue weighted by Gasteiger charge is 2.15. The van der Waals surface area contributed by atoms with Gasteiger partial charge in [-0.25, -0.2) is 13.8 Å². The van der Waals surface area contributed by atoms with E-state index in [1.165, 1.54) is 0 Å². The van der Waals surface area contributed by atoms with E-state index in [1.54, 1.807) is 38.1 Å². The molecule has 0 atom stereocenters. The summed E-state index contributed by atoms with van der Waals surface area (Å²) in [5.41, 5.74) is 1.90. The fourth-order valence-corrected chi connectivity index (χ4v) is 3.21. The average Bonchev–Trinajstić information content (AvgIpc) is 3.30. The molecule has 0 unspecified atom stereocenters. The van der Waals surface area contributed by atoms with Crippen LogP contribution in [0.5, 0.6) is 0 Å². The summed E-state index contributed by atoms with van der Waals surface area (Å²) in [7, 11) is 0. The van der Waals surface area contributed by atoms with Crippen LogP contribution in [0.4, 0.5) is 14.5 Å². The second kappa shape index (κ2) is 8.02. The van der Waals surface area contributed by atoms with Crippen molar-refractivity contribution in [3.8, 4) is 11.4 Å².